The smallest absolute Gasteiger partial charge is 0.409 e. The summed E-state index contributed by atoms with van der Waals surface area (Å²) in [6.07, 6.45) is -1.71. The molecule has 10 nitrogen and oxygen atoms in total. The zero-order valence-electron chi connectivity index (χ0n) is 18.5. The first kappa shape index (κ1) is 25.0. The monoisotopic (exact) mass is 527 g/mol. The van der Waals surface area contributed by atoms with Gasteiger partial charge in [0.15, 0.2) is 0 Å². The Morgan fingerprint density at radius 2 is 2.03 bits per heavy atom. The SMILES string of the molecule is CC1OCCC1C(=O)NC[C@H]1CN(S(=O)(=O)c2ccc(F)c(Cl)c2)c2cc(NC(=O)O)ccc2O1. The van der Waals surface area contributed by atoms with Gasteiger partial charge in [-0.1, -0.05) is 11.6 Å². The highest BCUT2D eigenvalue weighted by atomic mass is 35.5. The summed E-state index contributed by atoms with van der Waals surface area (Å²) in [5, 5.41) is 13.6. The fraction of sp³-hybridized carbons (Fsp3) is 0.364. The molecule has 1 saturated heterocycles. The Morgan fingerprint density at radius 3 is 2.69 bits per heavy atom. The van der Waals surface area contributed by atoms with Gasteiger partial charge in [0.25, 0.3) is 10.0 Å². The van der Waals surface area contributed by atoms with Crippen molar-refractivity contribution in [2.75, 3.05) is 29.3 Å². The molecule has 0 bridgehead atoms. The highest BCUT2D eigenvalue weighted by Crippen LogP contribution is 2.39. The van der Waals surface area contributed by atoms with Crippen LogP contribution < -0.4 is 19.7 Å². The lowest BCUT2D eigenvalue weighted by molar-refractivity contribution is -0.126. The topological polar surface area (TPSA) is 134 Å². The molecule has 2 aromatic rings. The number of fused-ring (bicyclic) bond motifs is 1. The van der Waals surface area contributed by atoms with Crippen molar-refractivity contribution >= 4 is 45.0 Å². The number of sulfonamides is 1. The van der Waals surface area contributed by atoms with E-state index in [4.69, 9.17) is 26.2 Å². The molecule has 0 aromatic heterocycles. The van der Waals surface area contributed by atoms with Crippen LogP contribution in [0.2, 0.25) is 5.02 Å². The first-order valence-electron chi connectivity index (χ1n) is 10.7. The molecule has 2 unspecified atom stereocenters. The summed E-state index contributed by atoms with van der Waals surface area (Å²) in [4.78, 5) is 23.4. The molecule has 2 aliphatic heterocycles. The fourth-order valence-electron chi connectivity index (χ4n) is 4.03. The number of hydrogen-bond acceptors (Lipinski definition) is 6. The van der Waals surface area contributed by atoms with E-state index in [1.54, 1.807) is 0 Å². The Hall–Kier alpha value is -3.09. The number of hydrogen-bond donors (Lipinski definition) is 3. The number of carbonyl (C=O) groups excluding carboxylic acids is 1. The van der Waals surface area contributed by atoms with Crippen LogP contribution in [0.5, 0.6) is 5.75 Å². The second kappa shape index (κ2) is 9.88. The van der Waals surface area contributed by atoms with E-state index in [9.17, 15) is 22.4 Å². The van der Waals surface area contributed by atoms with E-state index >= 15 is 0 Å². The van der Waals surface area contributed by atoms with Crippen molar-refractivity contribution in [3.63, 3.8) is 0 Å². The number of nitrogens with zero attached hydrogens (tertiary/aromatic N) is 1. The summed E-state index contributed by atoms with van der Waals surface area (Å²) < 4.78 is 53.1. The molecule has 2 heterocycles. The van der Waals surface area contributed by atoms with Crippen LogP contribution in [0.15, 0.2) is 41.3 Å². The average Bonchev–Trinajstić information content (AvgIpc) is 3.24. The zero-order chi connectivity index (χ0) is 25.3. The number of rotatable bonds is 6. The van der Waals surface area contributed by atoms with Gasteiger partial charge in [-0.2, -0.15) is 0 Å². The second-order valence-electron chi connectivity index (χ2n) is 8.18. The Bertz CT molecular complexity index is 1260. The molecule has 0 saturated carbocycles. The maximum atomic E-state index is 13.7. The minimum atomic E-state index is -4.26. The molecule has 0 spiro atoms. The van der Waals surface area contributed by atoms with Gasteiger partial charge in [0.05, 0.1) is 40.7 Å². The third-order valence-corrected chi connectivity index (χ3v) is 7.90. The van der Waals surface area contributed by atoms with Crippen molar-refractivity contribution in [1.82, 2.24) is 5.32 Å². The quantitative estimate of drug-likeness (QED) is 0.525. The summed E-state index contributed by atoms with van der Waals surface area (Å²) in [5.41, 5.74) is 0.205. The Morgan fingerprint density at radius 1 is 1.26 bits per heavy atom. The summed E-state index contributed by atoms with van der Waals surface area (Å²) >= 11 is 5.81. The van der Waals surface area contributed by atoms with E-state index in [1.165, 1.54) is 18.2 Å². The summed E-state index contributed by atoms with van der Waals surface area (Å²) in [6.45, 7) is 2.13. The van der Waals surface area contributed by atoms with Crippen molar-refractivity contribution in [2.24, 2.45) is 5.92 Å². The van der Waals surface area contributed by atoms with E-state index in [0.29, 0.717) is 13.0 Å². The minimum Gasteiger partial charge on any atom is -0.484 e. The maximum Gasteiger partial charge on any atom is 0.409 e. The predicted octanol–water partition coefficient (Wildman–Crippen LogP) is 3.07. The van der Waals surface area contributed by atoms with Crippen molar-refractivity contribution < 1.29 is 37.0 Å². The van der Waals surface area contributed by atoms with Crippen LogP contribution >= 0.6 is 11.6 Å². The van der Waals surface area contributed by atoms with Crippen LogP contribution in [0.3, 0.4) is 0 Å². The number of halogens is 2. The van der Waals surface area contributed by atoms with Crippen LogP contribution in [0, 0.1) is 11.7 Å². The Balaban J connectivity index is 1.64. The predicted molar refractivity (Wildman–Crippen MR) is 125 cm³/mol. The van der Waals surface area contributed by atoms with E-state index in [2.05, 4.69) is 10.6 Å². The third kappa shape index (κ3) is 5.29. The van der Waals surface area contributed by atoms with E-state index in [-0.39, 0.29) is 58.1 Å². The molecule has 1 fully saturated rings. The van der Waals surface area contributed by atoms with Crippen LogP contribution in [0.1, 0.15) is 13.3 Å². The molecule has 2 amide bonds. The number of amides is 2. The van der Waals surface area contributed by atoms with Crippen LogP contribution in [0.4, 0.5) is 20.6 Å². The lowest BCUT2D eigenvalue weighted by Gasteiger charge is -2.36. The van der Waals surface area contributed by atoms with E-state index in [1.807, 2.05) is 6.92 Å². The normalized spacial score (nSPS) is 21.7. The van der Waals surface area contributed by atoms with Gasteiger partial charge < -0.3 is 19.9 Å². The van der Waals surface area contributed by atoms with Gasteiger partial charge in [0, 0.05) is 12.3 Å². The fourth-order valence-corrected chi connectivity index (χ4v) is 5.80. The van der Waals surface area contributed by atoms with Crippen LogP contribution in [-0.4, -0.2) is 57.4 Å². The molecule has 0 radical (unpaired) electrons. The number of carbonyl (C=O) groups is 2. The molecule has 3 atom stereocenters. The van der Waals surface area contributed by atoms with Crippen molar-refractivity contribution in [2.45, 2.75) is 30.4 Å². The largest absolute Gasteiger partial charge is 0.484 e. The molecule has 4 rings (SSSR count). The summed E-state index contributed by atoms with van der Waals surface area (Å²) in [7, 11) is -4.26. The lowest BCUT2D eigenvalue weighted by Crippen LogP contribution is -2.49. The second-order valence-corrected chi connectivity index (χ2v) is 10.5. The average molecular weight is 528 g/mol. The number of anilines is 2. The lowest BCUT2D eigenvalue weighted by atomic mass is 10.0. The molecule has 188 valence electrons. The molecule has 2 aliphatic rings. The first-order valence-corrected chi connectivity index (χ1v) is 12.6. The highest BCUT2D eigenvalue weighted by molar-refractivity contribution is 7.92. The minimum absolute atomic E-state index is 0.0206. The standard InChI is InChI=1S/C22H23ClFN3O7S/c1-12-16(6-7-33-12)21(28)25-10-14-11-27(35(31,32)15-3-4-18(24)17(23)9-15)19-8-13(26-22(29)30)2-5-20(19)34-14/h2-5,8-9,12,14,16,26H,6-7,10-11H2,1H3,(H,25,28)(H,29,30)/t12?,14-,16?/m0/s1. The van der Waals surface area contributed by atoms with Gasteiger partial charge in [-0.25, -0.2) is 17.6 Å². The molecule has 13 heteroatoms. The highest BCUT2D eigenvalue weighted by Gasteiger charge is 2.36. The Kier molecular flexibility index (Phi) is 7.06. The van der Waals surface area contributed by atoms with E-state index < -0.39 is 28.0 Å². The summed E-state index contributed by atoms with van der Waals surface area (Å²) in [6, 6.07) is 7.20. The molecule has 2 aromatic carbocycles. The van der Waals surface area contributed by atoms with Crippen molar-refractivity contribution in [3.8, 4) is 5.75 Å². The molecule has 0 aliphatic carbocycles. The van der Waals surface area contributed by atoms with Gasteiger partial charge in [-0.05, 0) is 49.7 Å². The van der Waals surface area contributed by atoms with Gasteiger partial charge >= 0.3 is 6.09 Å². The van der Waals surface area contributed by atoms with Crippen molar-refractivity contribution in [3.05, 3.63) is 47.2 Å². The van der Waals surface area contributed by atoms with Crippen molar-refractivity contribution in [1.29, 1.82) is 0 Å². The summed E-state index contributed by atoms with van der Waals surface area (Å²) in [5.74, 6) is -1.13. The van der Waals surface area contributed by atoms with Crippen LogP contribution in [0.25, 0.3) is 0 Å². The molecule has 35 heavy (non-hydrogen) atoms. The number of ether oxygens (including phenoxy) is 2. The molecular formula is C22H23ClFN3O7S. The molecule has 3 N–H and O–H groups in total. The van der Waals surface area contributed by atoms with E-state index in [0.717, 1.165) is 22.5 Å². The van der Waals surface area contributed by atoms with Gasteiger partial charge in [0.1, 0.15) is 17.7 Å². The Labute approximate surface area is 206 Å². The maximum absolute atomic E-state index is 13.7. The molecular weight excluding hydrogens is 505 g/mol. The van der Waals surface area contributed by atoms with Gasteiger partial charge in [0.2, 0.25) is 5.91 Å². The number of nitrogens with one attached hydrogen (secondary N) is 2. The number of benzene rings is 2. The van der Waals surface area contributed by atoms with Gasteiger partial charge in [-0.15, -0.1) is 0 Å². The third-order valence-electron chi connectivity index (χ3n) is 5.84. The zero-order valence-corrected chi connectivity index (χ0v) is 20.1. The first-order chi connectivity index (χ1) is 16.6. The van der Waals surface area contributed by atoms with Gasteiger partial charge in [-0.3, -0.25) is 14.4 Å². The number of carboxylic acid groups (broad SMARTS) is 1. The van der Waals surface area contributed by atoms with Crippen LogP contribution in [-0.2, 0) is 19.6 Å².